The van der Waals surface area contributed by atoms with Crippen molar-refractivity contribution in [2.75, 3.05) is 13.1 Å². The third kappa shape index (κ3) is 3.36. The van der Waals surface area contributed by atoms with Gasteiger partial charge in [0.1, 0.15) is 12.1 Å². The summed E-state index contributed by atoms with van der Waals surface area (Å²) in [7, 11) is 0. The van der Waals surface area contributed by atoms with E-state index in [1.807, 2.05) is 0 Å². The second-order valence-corrected chi connectivity index (χ2v) is 5.42. The molecule has 1 aromatic carbocycles. The predicted octanol–water partition coefficient (Wildman–Crippen LogP) is 3.00. The molecular formula is C13H15BrFNO. The van der Waals surface area contributed by atoms with Crippen LogP contribution in [0.4, 0.5) is 4.39 Å². The fraction of sp³-hybridized carbons (Fsp3) is 0.462. The number of piperidine rings is 1. The summed E-state index contributed by atoms with van der Waals surface area (Å²) in [6, 6.07) is 4.98. The number of halogens is 2. The smallest absolute Gasteiger partial charge is 0.127 e. The lowest BCUT2D eigenvalue weighted by Gasteiger charge is -2.30. The second-order valence-electron chi connectivity index (χ2n) is 4.51. The molecule has 1 aliphatic rings. The highest BCUT2D eigenvalue weighted by atomic mass is 79.9. The highest BCUT2D eigenvalue weighted by Gasteiger charge is 2.20. The minimum atomic E-state index is -0.179. The molecule has 1 aromatic rings. The Morgan fingerprint density at radius 1 is 1.53 bits per heavy atom. The van der Waals surface area contributed by atoms with Crippen LogP contribution in [0.15, 0.2) is 22.7 Å². The highest BCUT2D eigenvalue weighted by molar-refractivity contribution is 9.10. The molecule has 1 atom stereocenters. The monoisotopic (exact) mass is 299 g/mol. The molecule has 0 saturated carbocycles. The first-order chi connectivity index (χ1) is 8.19. The zero-order valence-electron chi connectivity index (χ0n) is 9.53. The van der Waals surface area contributed by atoms with E-state index in [4.69, 9.17) is 0 Å². The lowest BCUT2D eigenvalue weighted by molar-refractivity contribution is -0.112. The van der Waals surface area contributed by atoms with Crippen molar-refractivity contribution in [1.29, 1.82) is 0 Å². The molecule has 0 spiro atoms. The molecule has 4 heteroatoms. The Balaban J connectivity index is 2.04. The maximum atomic E-state index is 13.6. The predicted molar refractivity (Wildman–Crippen MR) is 68.2 cm³/mol. The first kappa shape index (κ1) is 12.7. The van der Waals surface area contributed by atoms with Gasteiger partial charge in [-0.15, -0.1) is 0 Å². The zero-order chi connectivity index (χ0) is 12.3. The van der Waals surface area contributed by atoms with E-state index in [0.29, 0.717) is 12.1 Å². The van der Waals surface area contributed by atoms with Crippen molar-refractivity contribution in [2.45, 2.75) is 19.4 Å². The third-order valence-corrected chi connectivity index (χ3v) is 3.63. The van der Waals surface area contributed by atoms with E-state index in [2.05, 4.69) is 20.8 Å². The average Bonchev–Trinajstić information content (AvgIpc) is 2.34. The minimum Gasteiger partial charge on any atom is -0.303 e. The summed E-state index contributed by atoms with van der Waals surface area (Å²) in [5.41, 5.74) is 0.686. The van der Waals surface area contributed by atoms with Crippen molar-refractivity contribution in [1.82, 2.24) is 4.90 Å². The van der Waals surface area contributed by atoms with Gasteiger partial charge in [-0.1, -0.05) is 15.9 Å². The molecule has 0 N–H and O–H groups in total. The van der Waals surface area contributed by atoms with Gasteiger partial charge in [-0.2, -0.15) is 0 Å². The standard InChI is InChI=1S/C13H15BrFNO/c14-12-3-4-13(15)11(6-12)8-16-5-1-2-10(7-16)9-17/h3-4,6,9-10H,1-2,5,7-8H2. The molecule has 92 valence electrons. The molecule has 1 aliphatic heterocycles. The molecular weight excluding hydrogens is 285 g/mol. The summed E-state index contributed by atoms with van der Waals surface area (Å²) in [6.45, 7) is 2.27. The van der Waals surface area contributed by atoms with E-state index < -0.39 is 0 Å². The molecule has 1 heterocycles. The van der Waals surface area contributed by atoms with Gasteiger partial charge in [-0.25, -0.2) is 4.39 Å². The van der Waals surface area contributed by atoms with Crippen LogP contribution >= 0.6 is 15.9 Å². The Kier molecular flexibility index (Phi) is 4.29. The van der Waals surface area contributed by atoms with E-state index in [-0.39, 0.29) is 11.7 Å². The number of benzene rings is 1. The second kappa shape index (κ2) is 5.74. The van der Waals surface area contributed by atoms with Crippen LogP contribution in [-0.4, -0.2) is 24.3 Å². The van der Waals surface area contributed by atoms with Gasteiger partial charge < -0.3 is 4.79 Å². The summed E-state index contributed by atoms with van der Waals surface area (Å²) in [5, 5.41) is 0. The van der Waals surface area contributed by atoms with Crippen LogP contribution in [0.3, 0.4) is 0 Å². The maximum absolute atomic E-state index is 13.6. The van der Waals surface area contributed by atoms with Crippen LogP contribution in [0.25, 0.3) is 0 Å². The Morgan fingerprint density at radius 2 is 2.35 bits per heavy atom. The number of rotatable bonds is 3. The van der Waals surface area contributed by atoms with Gasteiger partial charge in [-0.05, 0) is 37.6 Å². The van der Waals surface area contributed by atoms with Gasteiger partial charge in [-0.3, -0.25) is 4.90 Å². The van der Waals surface area contributed by atoms with Gasteiger partial charge in [0.25, 0.3) is 0 Å². The van der Waals surface area contributed by atoms with Crippen molar-refractivity contribution < 1.29 is 9.18 Å². The van der Waals surface area contributed by atoms with E-state index in [1.54, 1.807) is 12.1 Å². The number of likely N-dealkylation sites (tertiary alicyclic amines) is 1. The number of aldehydes is 1. The average molecular weight is 300 g/mol. The minimum absolute atomic E-state index is 0.110. The molecule has 17 heavy (non-hydrogen) atoms. The summed E-state index contributed by atoms with van der Waals surface area (Å²) in [4.78, 5) is 12.9. The topological polar surface area (TPSA) is 20.3 Å². The van der Waals surface area contributed by atoms with E-state index in [0.717, 1.165) is 36.7 Å². The van der Waals surface area contributed by atoms with Gasteiger partial charge in [0.15, 0.2) is 0 Å². The number of nitrogens with zero attached hydrogens (tertiary/aromatic N) is 1. The number of carbonyl (C=O) groups excluding carboxylic acids is 1. The fourth-order valence-corrected chi connectivity index (χ4v) is 2.66. The Labute approximate surface area is 109 Å². The number of hydrogen-bond acceptors (Lipinski definition) is 2. The summed E-state index contributed by atoms with van der Waals surface area (Å²) < 4.78 is 14.5. The van der Waals surface area contributed by atoms with E-state index in [1.165, 1.54) is 6.07 Å². The lowest BCUT2D eigenvalue weighted by Crippen LogP contribution is -2.35. The van der Waals surface area contributed by atoms with Gasteiger partial charge in [0, 0.05) is 29.0 Å². The zero-order valence-corrected chi connectivity index (χ0v) is 11.1. The summed E-state index contributed by atoms with van der Waals surface area (Å²) in [6.07, 6.45) is 2.99. The SMILES string of the molecule is O=CC1CCCN(Cc2cc(Br)ccc2F)C1. The molecule has 1 unspecified atom stereocenters. The van der Waals surface area contributed by atoms with Gasteiger partial charge >= 0.3 is 0 Å². The molecule has 0 aliphatic carbocycles. The van der Waals surface area contributed by atoms with Gasteiger partial charge in [0.2, 0.25) is 0 Å². The molecule has 1 fully saturated rings. The molecule has 2 rings (SSSR count). The van der Waals surface area contributed by atoms with Crippen molar-refractivity contribution in [2.24, 2.45) is 5.92 Å². The van der Waals surface area contributed by atoms with Crippen LogP contribution < -0.4 is 0 Å². The quantitative estimate of drug-likeness (QED) is 0.800. The molecule has 0 radical (unpaired) electrons. The maximum Gasteiger partial charge on any atom is 0.127 e. The molecule has 2 nitrogen and oxygen atoms in total. The van der Waals surface area contributed by atoms with E-state index >= 15 is 0 Å². The first-order valence-electron chi connectivity index (χ1n) is 5.80. The normalized spacial score (nSPS) is 21.4. The third-order valence-electron chi connectivity index (χ3n) is 3.14. The lowest BCUT2D eigenvalue weighted by atomic mass is 9.99. The van der Waals surface area contributed by atoms with Gasteiger partial charge in [0.05, 0.1) is 0 Å². The van der Waals surface area contributed by atoms with Crippen LogP contribution in [0.1, 0.15) is 18.4 Å². The largest absolute Gasteiger partial charge is 0.303 e. The number of carbonyl (C=O) groups is 1. The van der Waals surface area contributed by atoms with Crippen molar-refractivity contribution >= 4 is 22.2 Å². The van der Waals surface area contributed by atoms with Crippen LogP contribution in [0, 0.1) is 11.7 Å². The molecule has 0 bridgehead atoms. The fourth-order valence-electron chi connectivity index (χ4n) is 2.25. The molecule has 1 saturated heterocycles. The van der Waals surface area contributed by atoms with Crippen LogP contribution in [0.5, 0.6) is 0 Å². The highest BCUT2D eigenvalue weighted by Crippen LogP contribution is 2.20. The Hall–Kier alpha value is -0.740. The Morgan fingerprint density at radius 3 is 3.12 bits per heavy atom. The van der Waals surface area contributed by atoms with E-state index in [9.17, 15) is 9.18 Å². The van der Waals surface area contributed by atoms with Crippen molar-refractivity contribution in [3.8, 4) is 0 Å². The number of hydrogen-bond donors (Lipinski definition) is 0. The first-order valence-corrected chi connectivity index (χ1v) is 6.60. The van der Waals surface area contributed by atoms with Crippen LogP contribution in [-0.2, 0) is 11.3 Å². The molecule has 0 aromatic heterocycles. The summed E-state index contributed by atoms with van der Waals surface area (Å²) >= 11 is 3.35. The Bertz CT molecular complexity index is 410. The van der Waals surface area contributed by atoms with Crippen LogP contribution in [0.2, 0.25) is 0 Å². The molecule has 0 amide bonds. The van der Waals surface area contributed by atoms with Crippen molar-refractivity contribution in [3.63, 3.8) is 0 Å². The summed E-state index contributed by atoms with van der Waals surface area (Å²) in [5.74, 6) is -0.0691. The van der Waals surface area contributed by atoms with Crippen molar-refractivity contribution in [3.05, 3.63) is 34.1 Å².